The third-order valence-electron chi connectivity index (χ3n) is 3.48. The predicted molar refractivity (Wildman–Crippen MR) is 63.6 cm³/mol. The first kappa shape index (κ1) is 11.2. The lowest BCUT2D eigenvalue weighted by atomic mass is 10.1. The van der Waals surface area contributed by atoms with Crippen LogP contribution in [-0.4, -0.2) is 45.4 Å². The number of hydrogen-bond acceptors (Lipinski definition) is 4. The van der Waals surface area contributed by atoms with Crippen molar-refractivity contribution < 1.29 is 13.2 Å². The van der Waals surface area contributed by atoms with Crippen LogP contribution in [0.1, 0.15) is 11.6 Å². The molecule has 3 rings (SSSR count). The van der Waals surface area contributed by atoms with Gasteiger partial charge in [0.15, 0.2) is 9.84 Å². The highest BCUT2D eigenvalue weighted by Crippen LogP contribution is 2.37. The maximum absolute atomic E-state index is 12.0. The highest BCUT2D eigenvalue weighted by Gasteiger charge is 2.37. The van der Waals surface area contributed by atoms with E-state index in [4.69, 9.17) is 4.74 Å². The van der Waals surface area contributed by atoms with Gasteiger partial charge in [-0.1, -0.05) is 18.2 Å². The van der Waals surface area contributed by atoms with Crippen LogP contribution in [0, 0.1) is 0 Å². The Labute approximate surface area is 101 Å². The summed E-state index contributed by atoms with van der Waals surface area (Å²) in [6.45, 7) is 3.01. The highest BCUT2D eigenvalue weighted by atomic mass is 32.2. The summed E-state index contributed by atoms with van der Waals surface area (Å²) >= 11 is 0. The van der Waals surface area contributed by atoms with Gasteiger partial charge >= 0.3 is 0 Å². The van der Waals surface area contributed by atoms with Crippen LogP contribution < -0.4 is 0 Å². The summed E-state index contributed by atoms with van der Waals surface area (Å²) in [5.74, 6) is 0.215. The largest absolute Gasteiger partial charge is 0.379 e. The van der Waals surface area contributed by atoms with Gasteiger partial charge in [-0.05, 0) is 11.6 Å². The summed E-state index contributed by atoms with van der Waals surface area (Å²) in [5.41, 5.74) is 0.953. The van der Waals surface area contributed by atoms with Gasteiger partial charge in [0.05, 0.1) is 29.9 Å². The van der Waals surface area contributed by atoms with Crippen molar-refractivity contribution in [1.29, 1.82) is 0 Å². The molecule has 0 spiro atoms. The fraction of sp³-hybridized carbons (Fsp3) is 0.500. The van der Waals surface area contributed by atoms with Gasteiger partial charge in [0, 0.05) is 13.1 Å². The molecule has 0 saturated carbocycles. The molecule has 1 atom stereocenters. The zero-order valence-electron chi connectivity index (χ0n) is 9.50. The van der Waals surface area contributed by atoms with Crippen molar-refractivity contribution in [3.8, 4) is 0 Å². The lowest BCUT2D eigenvalue weighted by Crippen LogP contribution is -2.39. The summed E-state index contributed by atoms with van der Waals surface area (Å²) in [7, 11) is -3.09. The highest BCUT2D eigenvalue weighted by molar-refractivity contribution is 7.91. The van der Waals surface area contributed by atoms with Crippen LogP contribution in [-0.2, 0) is 14.6 Å². The van der Waals surface area contributed by atoms with Gasteiger partial charge in [-0.25, -0.2) is 8.42 Å². The molecule has 2 aliphatic rings. The Bertz CT molecular complexity index is 520. The molecule has 5 heteroatoms. The first-order chi connectivity index (χ1) is 8.18. The van der Waals surface area contributed by atoms with Crippen molar-refractivity contribution in [1.82, 2.24) is 4.90 Å². The van der Waals surface area contributed by atoms with Crippen LogP contribution in [0.25, 0.3) is 0 Å². The number of fused-ring (bicyclic) bond motifs is 1. The number of sulfone groups is 1. The number of ether oxygens (including phenoxy) is 1. The summed E-state index contributed by atoms with van der Waals surface area (Å²) in [6, 6.07) is 7.36. The third-order valence-corrected chi connectivity index (χ3v) is 5.27. The third kappa shape index (κ3) is 1.88. The van der Waals surface area contributed by atoms with Gasteiger partial charge in [-0.3, -0.25) is 4.90 Å². The smallest absolute Gasteiger partial charge is 0.180 e. The van der Waals surface area contributed by atoms with E-state index in [1.807, 2.05) is 12.1 Å². The molecule has 17 heavy (non-hydrogen) atoms. The Morgan fingerprint density at radius 3 is 2.65 bits per heavy atom. The molecule has 0 aromatic heterocycles. The molecule has 2 aliphatic heterocycles. The lowest BCUT2D eigenvalue weighted by Gasteiger charge is -2.31. The van der Waals surface area contributed by atoms with Gasteiger partial charge in [0.2, 0.25) is 0 Å². The first-order valence-corrected chi connectivity index (χ1v) is 7.47. The van der Waals surface area contributed by atoms with Gasteiger partial charge < -0.3 is 4.74 Å². The molecule has 4 nitrogen and oxygen atoms in total. The topological polar surface area (TPSA) is 46.6 Å². The monoisotopic (exact) mass is 253 g/mol. The van der Waals surface area contributed by atoms with E-state index in [0.717, 1.165) is 18.7 Å². The molecule has 1 saturated heterocycles. The molecular weight excluding hydrogens is 238 g/mol. The van der Waals surface area contributed by atoms with E-state index in [0.29, 0.717) is 18.1 Å². The van der Waals surface area contributed by atoms with Gasteiger partial charge in [0.1, 0.15) is 0 Å². The SMILES string of the molecule is O=S1(=O)C[C@@H](N2CCOCC2)c2ccccc21. The second-order valence-corrected chi connectivity index (χ2v) is 6.49. The van der Waals surface area contributed by atoms with Crippen LogP contribution in [0.4, 0.5) is 0 Å². The minimum Gasteiger partial charge on any atom is -0.379 e. The fourth-order valence-electron chi connectivity index (χ4n) is 2.62. The first-order valence-electron chi connectivity index (χ1n) is 5.82. The van der Waals surface area contributed by atoms with E-state index in [9.17, 15) is 8.42 Å². The zero-order chi connectivity index (χ0) is 11.9. The summed E-state index contributed by atoms with van der Waals surface area (Å²) < 4.78 is 29.4. The van der Waals surface area contributed by atoms with Crippen molar-refractivity contribution in [2.24, 2.45) is 0 Å². The number of hydrogen-bond donors (Lipinski definition) is 0. The van der Waals surface area contributed by atoms with Gasteiger partial charge in [0.25, 0.3) is 0 Å². The number of benzene rings is 1. The maximum atomic E-state index is 12.0. The van der Waals surface area contributed by atoms with Gasteiger partial charge in [-0.15, -0.1) is 0 Å². The number of morpholine rings is 1. The molecule has 1 aromatic rings. The van der Waals surface area contributed by atoms with E-state index in [1.165, 1.54) is 0 Å². The minimum atomic E-state index is -3.09. The number of nitrogens with zero attached hydrogens (tertiary/aromatic N) is 1. The molecule has 1 aromatic carbocycles. The quantitative estimate of drug-likeness (QED) is 0.744. The summed E-state index contributed by atoms with van der Waals surface area (Å²) in [4.78, 5) is 2.73. The Morgan fingerprint density at radius 1 is 1.18 bits per heavy atom. The number of rotatable bonds is 1. The van der Waals surface area contributed by atoms with Crippen molar-refractivity contribution in [2.45, 2.75) is 10.9 Å². The van der Waals surface area contributed by atoms with Gasteiger partial charge in [-0.2, -0.15) is 0 Å². The molecular formula is C12H15NO3S. The van der Waals surface area contributed by atoms with Crippen LogP contribution >= 0.6 is 0 Å². The van der Waals surface area contributed by atoms with Crippen LogP contribution in [0.3, 0.4) is 0 Å². The molecule has 1 fully saturated rings. The Morgan fingerprint density at radius 2 is 1.88 bits per heavy atom. The van der Waals surface area contributed by atoms with E-state index >= 15 is 0 Å². The zero-order valence-corrected chi connectivity index (χ0v) is 10.3. The van der Waals surface area contributed by atoms with Crippen molar-refractivity contribution in [3.05, 3.63) is 29.8 Å². The average molecular weight is 253 g/mol. The minimum absolute atomic E-state index is 0.0140. The molecule has 0 bridgehead atoms. The predicted octanol–water partition coefficient (Wildman–Crippen LogP) is 0.847. The second kappa shape index (κ2) is 4.08. The molecule has 0 aliphatic carbocycles. The molecule has 2 heterocycles. The summed E-state index contributed by atoms with van der Waals surface area (Å²) in [6.07, 6.45) is 0. The fourth-order valence-corrected chi connectivity index (χ4v) is 4.45. The molecule has 0 unspecified atom stereocenters. The average Bonchev–Trinajstić information content (AvgIpc) is 2.64. The lowest BCUT2D eigenvalue weighted by molar-refractivity contribution is 0.0208. The molecule has 0 amide bonds. The van der Waals surface area contributed by atoms with E-state index in [1.54, 1.807) is 12.1 Å². The molecule has 0 radical (unpaired) electrons. The normalized spacial score (nSPS) is 27.9. The van der Waals surface area contributed by atoms with Crippen molar-refractivity contribution in [2.75, 3.05) is 32.1 Å². The van der Waals surface area contributed by atoms with Crippen molar-refractivity contribution in [3.63, 3.8) is 0 Å². The standard InChI is InChI=1S/C12H15NO3S/c14-17(15)9-11(13-5-7-16-8-6-13)10-3-1-2-4-12(10)17/h1-4,11H,5-9H2/t11-/m1/s1. The van der Waals surface area contributed by atoms with Crippen molar-refractivity contribution >= 4 is 9.84 Å². The summed E-state index contributed by atoms with van der Waals surface area (Å²) in [5, 5.41) is 0. The Kier molecular flexibility index (Phi) is 2.69. The van der Waals surface area contributed by atoms with E-state index in [2.05, 4.69) is 4.90 Å². The molecule has 0 N–H and O–H groups in total. The van der Waals surface area contributed by atoms with Crippen LogP contribution in [0.2, 0.25) is 0 Å². The van der Waals surface area contributed by atoms with E-state index in [-0.39, 0.29) is 11.8 Å². The van der Waals surface area contributed by atoms with Crippen LogP contribution in [0.5, 0.6) is 0 Å². The second-order valence-electron chi connectivity index (χ2n) is 4.48. The Balaban J connectivity index is 1.99. The van der Waals surface area contributed by atoms with E-state index < -0.39 is 9.84 Å². The Hall–Kier alpha value is -0.910. The maximum Gasteiger partial charge on any atom is 0.180 e. The molecule has 92 valence electrons. The van der Waals surface area contributed by atoms with Crippen LogP contribution in [0.15, 0.2) is 29.2 Å².